The Morgan fingerprint density at radius 2 is 1.43 bits per heavy atom. The Bertz CT molecular complexity index is 890. The second-order valence-corrected chi connectivity index (χ2v) is 7.75. The Morgan fingerprint density at radius 1 is 0.786 bits per heavy atom. The van der Waals surface area contributed by atoms with Gasteiger partial charge in [0, 0.05) is 43.3 Å². The molecule has 4 rings (SSSR count). The predicted molar refractivity (Wildman–Crippen MR) is 115 cm³/mol. The minimum absolute atomic E-state index is 0.0695. The maximum atomic E-state index is 10.5. The van der Waals surface area contributed by atoms with Crippen LogP contribution in [0.3, 0.4) is 0 Å². The standard InChI is InChI=1S/C24H25ClN2O/c25-21-12-10-19(11-13-21)18-26-14-16-27(17-15-26)24(20-6-2-1-3-7-20)22-8-4-5-9-23(22)28/h1-13,24,28H,14-18H2/t24-/m1/s1. The fourth-order valence-electron chi connectivity index (χ4n) is 3.97. The van der Waals surface area contributed by atoms with Crippen molar-refractivity contribution in [3.05, 3.63) is 101 Å². The van der Waals surface area contributed by atoms with E-state index in [2.05, 4.69) is 46.2 Å². The highest BCUT2D eigenvalue weighted by Crippen LogP contribution is 2.34. The lowest BCUT2D eigenvalue weighted by Crippen LogP contribution is -2.47. The number of phenolic OH excluding ortho intramolecular Hbond substituents is 1. The van der Waals surface area contributed by atoms with Gasteiger partial charge < -0.3 is 5.11 Å². The lowest BCUT2D eigenvalue weighted by molar-refractivity contribution is 0.104. The zero-order valence-corrected chi connectivity index (χ0v) is 16.6. The molecule has 0 unspecified atom stereocenters. The van der Waals surface area contributed by atoms with Crippen LogP contribution >= 0.6 is 11.6 Å². The summed E-state index contributed by atoms with van der Waals surface area (Å²) in [6, 6.07) is 26.4. The van der Waals surface area contributed by atoms with Crippen LogP contribution in [0.5, 0.6) is 5.75 Å². The Morgan fingerprint density at radius 3 is 2.11 bits per heavy atom. The third-order valence-corrected chi connectivity index (χ3v) is 5.69. The number of hydrogen-bond acceptors (Lipinski definition) is 3. The average molecular weight is 393 g/mol. The van der Waals surface area contributed by atoms with Crippen LogP contribution in [0.1, 0.15) is 22.7 Å². The number of piperazine rings is 1. The van der Waals surface area contributed by atoms with Gasteiger partial charge >= 0.3 is 0 Å². The van der Waals surface area contributed by atoms with E-state index in [0.29, 0.717) is 5.75 Å². The van der Waals surface area contributed by atoms with Crippen molar-refractivity contribution in [3.8, 4) is 5.75 Å². The quantitative estimate of drug-likeness (QED) is 0.665. The summed E-state index contributed by atoms with van der Waals surface area (Å²) >= 11 is 6.00. The summed E-state index contributed by atoms with van der Waals surface area (Å²) < 4.78 is 0. The summed E-state index contributed by atoms with van der Waals surface area (Å²) in [7, 11) is 0. The Balaban J connectivity index is 1.50. The molecule has 0 spiro atoms. The molecule has 1 heterocycles. The zero-order chi connectivity index (χ0) is 19.3. The van der Waals surface area contributed by atoms with E-state index in [4.69, 9.17) is 11.6 Å². The third kappa shape index (κ3) is 4.39. The molecule has 1 aliphatic heterocycles. The van der Waals surface area contributed by atoms with Crippen molar-refractivity contribution in [2.75, 3.05) is 26.2 Å². The smallest absolute Gasteiger partial charge is 0.120 e. The van der Waals surface area contributed by atoms with Crippen molar-refractivity contribution in [1.82, 2.24) is 9.80 Å². The maximum Gasteiger partial charge on any atom is 0.120 e. The molecule has 0 bridgehead atoms. The summed E-state index contributed by atoms with van der Waals surface area (Å²) in [4.78, 5) is 4.95. The summed E-state index contributed by atoms with van der Waals surface area (Å²) in [6.45, 7) is 4.86. The highest BCUT2D eigenvalue weighted by Gasteiger charge is 2.27. The van der Waals surface area contributed by atoms with Gasteiger partial charge in [0.05, 0.1) is 6.04 Å². The van der Waals surface area contributed by atoms with Gasteiger partial charge in [-0.2, -0.15) is 0 Å². The predicted octanol–water partition coefficient (Wildman–Crippen LogP) is 4.95. The van der Waals surface area contributed by atoms with Gasteiger partial charge in [-0.1, -0.05) is 72.3 Å². The Labute approximate surface area is 171 Å². The van der Waals surface area contributed by atoms with Gasteiger partial charge in [-0.05, 0) is 29.3 Å². The van der Waals surface area contributed by atoms with Crippen LogP contribution in [0.15, 0.2) is 78.9 Å². The van der Waals surface area contributed by atoms with Crippen LogP contribution in [0, 0.1) is 0 Å². The van der Waals surface area contributed by atoms with E-state index in [0.717, 1.165) is 43.3 Å². The second-order valence-electron chi connectivity index (χ2n) is 7.31. The molecule has 0 saturated carbocycles. The van der Waals surface area contributed by atoms with Crippen LogP contribution < -0.4 is 0 Å². The molecule has 1 atom stereocenters. The maximum absolute atomic E-state index is 10.5. The zero-order valence-electron chi connectivity index (χ0n) is 15.8. The lowest BCUT2D eigenvalue weighted by atomic mass is 9.95. The molecule has 1 saturated heterocycles. The van der Waals surface area contributed by atoms with E-state index in [1.54, 1.807) is 6.07 Å². The van der Waals surface area contributed by atoms with E-state index in [-0.39, 0.29) is 6.04 Å². The first-order valence-electron chi connectivity index (χ1n) is 9.74. The van der Waals surface area contributed by atoms with Crippen LogP contribution in [0.2, 0.25) is 5.02 Å². The Hall–Kier alpha value is -2.33. The highest BCUT2D eigenvalue weighted by atomic mass is 35.5. The van der Waals surface area contributed by atoms with Crippen LogP contribution in [-0.2, 0) is 6.54 Å². The third-order valence-electron chi connectivity index (χ3n) is 5.44. The Kier molecular flexibility index (Phi) is 5.96. The fourth-order valence-corrected chi connectivity index (χ4v) is 4.09. The number of aromatic hydroxyl groups is 1. The van der Waals surface area contributed by atoms with E-state index < -0.39 is 0 Å². The van der Waals surface area contributed by atoms with Crippen LogP contribution in [-0.4, -0.2) is 41.1 Å². The van der Waals surface area contributed by atoms with E-state index in [9.17, 15) is 5.11 Å². The summed E-state index contributed by atoms with van der Waals surface area (Å²) in [6.07, 6.45) is 0. The van der Waals surface area contributed by atoms with Crippen LogP contribution in [0.4, 0.5) is 0 Å². The van der Waals surface area contributed by atoms with E-state index >= 15 is 0 Å². The van der Waals surface area contributed by atoms with Crippen molar-refractivity contribution in [2.45, 2.75) is 12.6 Å². The van der Waals surface area contributed by atoms with Crippen molar-refractivity contribution in [1.29, 1.82) is 0 Å². The van der Waals surface area contributed by atoms with Crippen molar-refractivity contribution in [3.63, 3.8) is 0 Å². The molecule has 1 aliphatic rings. The fraction of sp³-hybridized carbons (Fsp3) is 0.250. The van der Waals surface area contributed by atoms with Gasteiger partial charge in [-0.3, -0.25) is 9.80 Å². The average Bonchev–Trinajstić information content (AvgIpc) is 2.73. The normalized spacial score (nSPS) is 16.8. The minimum atomic E-state index is 0.0695. The summed E-state index contributed by atoms with van der Waals surface area (Å²) in [5.41, 5.74) is 3.48. The first-order valence-corrected chi connectivity index (χ1v) is 10.1. The number of para-hydroxylation sites is 1. The molecule has 3 aromatic carbocycles. The molecular formula is C24H25ClN2O. The number of benzene rings is 3. The molecule has 1 fully saturated rings. The SMILES string of the molecule is Oc1ccccc1[C@@H](c1ccccc1)N1CCN(Cc2ccc(Cl)cc2)CC1. The molecular weight excluding hydrogens is 368 g/mol. The molecule has 0 radical (unpaired) electrons. The van der Waals surface area contributed by atoms with Crippen LogP contribution in [0.25, 0.3) is 0 Å². The summed E-state index contributed by atoms with van der Waals surface area (Å²) in [5.74, 6) is 0.361. The second kappa shape index (κ2) is 8.78. The first kappa shape index (κ1) is 19.0. The van der Waals surface area contributed by atoms with Crippen molar-refractivity contribution >= 4 is 11.6 Å². The molecule has 0 aromatic heterocycles. The number of rotatable bonds is 5. The lowest BCUT2D eigenvalue weighted by Gasteiger charge is -2.40. The largest absolute Gasteiger partial charge is 0.508 e. The molecule has 3 aromatic rings. The topological polar surface area (TPSA) is 26.7 Å². The van der Waals surface area contributed by atoms with Crippen molar-refractivity contribution < 1.29 is 5.11 Å². The molecule has 0 aliphatic carbocycles. The molecule has 28 heavy (non-hydrogen) atoms. The van der Waals surface area contributed by atoms with Gasteiger partial charge in [0.25, 0.3) is 0 Å². The number of nitrogens with zero attached hydrogens (tertiary/aromatic N) is 2. The molecule has 4 heteroatoms. The van der Waals surface area contributed by atoms with E-state index in [1.807, 2.05) is 36.4 Å². The number of phenols is 1. The van der Waals surface area contributed by atoms with Gasteiger partial charge in [0.15, 0.2) is 0 Å². The number of hydrogen-bond donors (Lipinski definition) is 1. The minimum Gasteiger partial charge on any atom is -0.508 e. The van der Waals surface area contributed by atoms with Gasteiger partial charge in [0.2, 0.25) is 0 Å². The summed E-state index contributed by atoms with van der Waals surface area (Å²) in [5, 5.41) is 11.3. The van der Waals surface area contributed by atoms with Gasteiger partial charge in [-0.25, -0.2) is 0 Å². The number of halogens is 1. The van der Waals surface area contributed by atoms with Gasteiger partial charge in [0.1, 0.15) is 5.75 Å². The molecule has 144 valence electrons. The van der Waals surface area contributed by atoms with E-state index in [1.165, 1.54) is 11.1 Å². The van der Waals surface area contributed by atoms with Crippen molar-refractivity contribution in [2.24, 2.45) is 0 Å². The molecule has 1 N–H and O–H groups in total. The first-order chi connectivity index (χ1) is 13.7. The van der Waals surface area contributed by atoms with Gasteiger partial charge in [-0.15, -0.1) is 0 Å². The monoisotopic (exact) mass is 392 g/mol. The highest BCUT2D eigenvalue weighted by molar-refractivity contribution is 6.30. The molecule has 0 amide bonds. The molecule has 3 nitrogen and oxygen atoms in total.